The average Bonchev–Trinajstić information content (AvgIpc) is 2.57. The third kappa shape index (κ3) is 5.13. The van der Waals surface area contributed by atoms with Crippen LogP contribution in [-0.2, 0) is 11.3 Å². The zero-order chi connectivity index (χ0) is 18.4. The molecule has 134 valence electrons. The summed E-state index contributed by atoms with van der Waals surface area (Å²) in [7, 11) is 0. The van der Waals surface area contributed by atoms with Gasteiger partial charge in [0.05, 0.1) is 0 Å². The quantitative estimate of drug-likeness (QED) is 0.594. The molecule has 0 bridgehead atoms. The smallest absolute Gasteiger partial charge is 0.407 e. The summed E-state index contributed by atoms with van der Waals surface area (Å²) in [6, 6.07) is 10.3. The first kappa shape index (κ1) is 18.6. The molecule has 0 saturated heterocycles. The fraction of sp³-hybridized carbons (Fsp3) is 0.235. The minimum atomic E-state index is -1.74. The van der Waals surface area contributed by atoms with Gasteiger partial charge in [0.2, 0.25) is 0 Å². The lowest BCUT2D eigenvalue weighted by Gasteiger charge is -2.20. The maximum Gasteiger partial charge on any atom is 0.407 e. The van der Waals surface area contributed by atoms with Gasteiger partial charge in [0.25, 0.3) is 0 Å². The van der Waals surface area contributed by atoms with Crippen LogP contribution < -0.4 is 11.1 Å². The van der Waals surface area contributed by atoms with Crippen molar-refractivity contribution in [3.05, 3.63) is 65.2 Å². The van der Waals surface area contributed by atoms with Crippen LogP contribution in [0, 0.1) is 11.6 Å². The number of hydrogen-bond acceptors (Lipinski definition) is 5. The van der Waals surface area contributed by atoms with Crippen molar-refractivity contribution in [3.63, 3.8) is 0 Å². The Hall–Kier alpha value is -2.71. The molecule has 2 aromatic carbocycles. The summed E-state index contributed by atoms with van der Waals surface area (Å²) in [6.45, 7) is -0.379. The molecule has 1 amide bonds. The molecule has 0 heterocycles. The number of halogens is 2. The minimum Gasteiger partial charge on any atom is -0.445 e. The van der Waals surface area contributed by atoms with Crippen LogP contribution in [0.15, 0.2) is 42.5 Å². The Labute approximate surface area is 142 Å². The first-order valence-electron chi connectivity index (χ1n) is 7.43. The van der Waals surface area contributed by atoms with Crippen molar-refractivity contribution in [2.45, 2.75) is 18.8 Å². The van der Waals surface area contributed by atoms with Crippen LogP contribution >= 0.6 is 0 Å². The molecule has 0 radical (unpaired) electrons. The summed E-state index contributed by atoms with van der Waals surface area (Å²) in [5.74, 6) is -1.99. The highest BCUT2D eigenvalue weighted by Gasteiger charge is 2.25. The molecule has 2 atom stereocenters. The van der Waals surface area contributed by atoms with E-state index in [2.05, 4.69) is 5.32 Å². The molecule has 25 heavy (non-hydrogen) atoms. The van der Waals surface area contributed by atoms with Gasteiger partial charge in [0.1, 0.15) is 30.4 Å². The van der Waals surface area contributed by atoms with Crippen LogP contribution in [0.25, 0.3) is 0 Å². The van der Waals surface area contributed by atoms with E-state index < -0.39 is 42.0 Å². The number of alkyl carbamates (subject to hydrolysis) is 1. The lowest BCUT2D eigenvalue weighted by Crippen LogP contribution is -2.36. The van der Waals surface area contributed by atoms with E-state index in [1.54, 1.807) is 24.3 Å². The first-order chi connectivity index (χ1) is 11.9. The number of anilines is 1. The predicted octanol–water partition coefficient (Wildman–Crippen LogP) is 1.87. The number of carbonyl (C=O) groups is 1. The molecule has 2 rings (SSSR count). The topological polar surface area (TPSA) is 105 Å². The molecule has 0 aliphatic carbocycles. The molecule has 0 aliphatic heterocycles. The second-order valence-corrected chi connectivity index (χ2v) is 5.35. The maximum absolute atomic E-state index is 13.7. The van der Waals surface area contributed by atoms with Gasteiger partial charge in [-0.15, -0.1) is 0 Å². The number of nitrogens with two attached hydrogens (primary N) is 1. The van der Waals surface area contributed by atoms with Gasteiger partial charge >= 0.3 is 6.09 Å². The molecule has 0 aromatic heterocycles. The molecular weight excluding hydrogens is 334 g/mol. The number of nitrogens with one attached hydrogen (secondary N) is 1. The third-order valence-electron chi connectivity index (χ3n) is 3.45. The van der Waals surface area contributed by atoms with Crippen molar-refractivity contribution in [2.24, 2.45) is 0 Å². The molecule has 0 fully saturated rings. The summed E-state index contributed by atoms with van der Waals surface area (Å²) in [5, 5.41) is 22.1. The highest BCUT2D eigenvalue weighted by Crippen LogP contribution is 2.27. The van der Waals surface area contributed by atoms with Crippen LogP contribution in [0.4, 0.5) is 19.3 Å². The van der Waals surface area contributed by atoms with E-state index in [-0.39, 0.29) is 12.3 Å². The zero-order valence-electron chi connectivity index (χ0n) is 13.2. The lowest BCUT2D eigenvalue weighted by molar-refractivity contribution is 0.0168. The molecule has 5 N–H and O–H groups in total. The standard InChI is InChI=1S/C17H18F2N2O4/c18-11-6-12(19)15(13(20)7-11)16(23)14(22)8-21-17(24)25-9-10-4-2-1-3-5-10/h1-7,14,16,22-23H,8-9,20H2,(H,21,24). The number of aliphatic hydroxyl groups excluding tert-OH is 2. The lowest BCUT2D eigenvalue weighted by atomic mass is 10.0. The van der Waals surface area contributed by atoms with Gasteiger partial charge in [-0.3, -0.25) is 0 Å². The Morgan fingerprint density at radius 3 is 2.52 bits per heavy atom. The van der Waals surface area contributed by atoms with Crippen molar-refractivity contribution in [3.8, 4) is 0 Å². The average molecular weight is 352 g/mol. The molecule has 2 unspecified atom stereocenters. The number of benzene rings is 2. The number of carbonyl (C=O) groups excluding carboxylic acids is 1. The van der Waals surface area contributed by atoms with Crippen molar-refractivity contribution in [2.75, 3.05) is 12.3 Å². The van der Waals surface area contributed by atoms with Crippen molar-refractivity contribution in [1.82, 2.24) is 5.32 Å². The molecule has 8 heteroatoms. The number of amides is 1. The maximum atomic E-state index is 13.7. The summed E-state index contributed by atoms with van der Waals surface area (Å²) in [4.78, 5) is 11.6. The van der Waals surface area contributed by atoms with Crippen molar-refractivity contribution < 1.29 is 28.5 Å². The van der Waals surface area contributed by atoms with Gasteiger partial charge in [-0.05, 0) is 11.6 Å². The number of ether oxygens (including phenoxy) is 1. The van der Waals surface area contributed by atoms with E-state index in [1.165, 1.54) is 0 Å². The van der Waals surface area contributed by atoms with Crippen LogP contribution in [0.3, 0.4) is 0 Å². The Bertz CT molecular complexity index is 705. The minimum absolute atomic E-state index is 0.0326. The number of aliphatic hydroxyl groups is 2. The summed E-state index contributed by atoms with van der Waals surface area (Å²) >= 11 is 0. The van der Waals surface area contributed by atoms with Crippen LogP contribution in [0.1, 0.15) is 17.2 Å². The molecule has 0 aliphatic rings. The molecule has 6 nitrogen and oxygen atoms in total. The Kier molecular flexibility index (Phi) is 6.26. The fourth-order valence-corrected chi connectivity index (χ4v) is 2.18. The Morgan fingerprint density at radius 2 is 1.88 bits per heavy atom. The third-order valence-corrected chi connectivity index (χ3v) is 3.45. The second-order valence-electron chi connectivity index (χ2n) is 5.35. The van der Waals surface area contributed by atoms with E-state index in [9.17, 15) is 23.8 Å². The van der Waals surface area contributed by atoms with E-state index in [0.717, 1.165) is 11.6 Å². The molecule has 0 spiro atoms. The van der Waals surface area contributed by atoms with Gasteiger partial charge in [-0.25, -0.2) is 13.6 Å². The summed E-state index contributed by atoms with van der Waals surface area (Å²) < 4.78 is 31.7. The Balaban J connectivity index is 1.87. The van der Waals surface area contributed by atoms with Gasteiger partial charge < -0.3 is 26.0 Å². The number of rotatable bonds is 6. The van der Waals surface area contributed by atoms with Gasteiger partial charge in [-0.1, -0.05) is 30.3 Å². The van der Waals surface area contributed by atoms with Crippen LogP contribution in [0.5, 0.6) is 0 Å². The predicted molar refractivity (Wildman–Crippen MR) is 86.4 cm³/mol. The van der Waals surface area contributed by atoms with E-state index in [4.69, 9.17) is 10.5 Å². The summed E-state index contributed by atoms with van der Waals surface area (Å²) in [6.07, 6.45) is -4.12. The number of hydrogen-bond donors (Lipinski definition) is 4. The Morgan fingerprint density at radius 1 is 1.20 bits per heavy atom. The van der Waals surface area contributed by atoms with Gasteiger partial charge in [0, 0.05) is 23.9 Å². The van der Waals surface area contributed by atoms with Crippen molar-refractivity contribution >= 4 is 11.8 Å². The normalized spacial score (nSPS) is 13.1. The van der Waals surface area contributed by atoms with Gasteiger partial charge in [-0.2, -0.15) is 0 Å². The summed E-state index contributed by atoms with van der Waals surface area (Å²) in [5.41, 5.74) is 5.47. The van der Waals surface area contributed by atoms with Crippen LogP contribution in [0.2, 0.25) is 0 Å². The van der Waals surface area contributed by atoms with E-state index in [1.807, 2.05) is 6.07 Å². The van der Waals surface area contributed by atoms with E-state index in [0.29, 0.717) is 6.07 Å². The largest absolute Gasteiger partial charge is 0.445 e. The monoisotopic (exact) mass is 352 g/mol. The second kappa shape index (κ2) is 8.41. The molecular formula is C17H18F2N2O4. The van der Waals surface area contributed by atoms with E-state index >= 15 is 0 Å². The fourth-order valence-electron chi connectivity index (χ4n) is 2.18. The van der Waals surface area contributed by atoms with Gasteiger partial charge in [0.15, 0.2) is 0 Å². The molecule has 2 aromatic rings. The highest BCUT2D eigenvalue weighted by molar-refractivity contribution is 5.67. The zero-order valence-corrected chi connectivity index (χ0v) is 13.2. The van der Waals surface area contributed by atoms with Crippen molar-refractivity contribution in [1.29, 1.82) is 0 Å². The van der Waals surface area contributed by atoms with Crippen LogP contribution in [-0.4, -0.2) is 29.0 Å². The molecule has 0 saturated carbocycles. The number of nitrogen functional groups attached to an aromatic ring is 1. The first-order valence-corrected chi connectivity index (χ1v) is 7.43. The SMILES string of the molecule is Nc1cc(F)cc(F)c1C(O)C(O)CNC(=O)OCc1ccccc1. The highest BCUT2D eigenvalue weighted by atomic mass is 19.1.